The smallest absolute Gasteiger partial charge is 0.254 e. The van der Waals surface area contributed by atoms with Gasteiger partial charge < -0.3 is 20.1 Å². The molecule has 0 saturated heterocycles. The number of hydrogen-bond acceptors (Lipinski definition) is 7. The number of nitrogen functional groups attached to an aromatic ring is 1. The number of anilines is 1. The lowest BCUT2D eigenvalue weighted by atomic mass is 9.99. The lowest BCUT2D eigenvalue weighted by molar-refractivity contribution is 0.0362. The van der Waals surface area contributed by atoms with Crippen LogP contribution < -0.4 is 5.73 Å². The van der Waals surface area contributed by atoms with Gasteiger partial charge in [-0.25, -0.2) is 4.98 Å². The number of hydrogen-bond donors (Lipinski definition) is 1. The molecular formula is C25H25N5O3S. The number of pyridine rings is 1. The van der Waals surface area contributed by atoms with Gasteiger partial charge in [0.1, 0.15) is 5.82 Å². The summed E-state index contributed by atoms with van der Waals surface area (Å²) in [5.41, 5.74) is 11.7. The Balaban J connectivity index is 1.34. The summed E-state index contributed by atoms with van der Waals surface area (Å²) in [5.74, 6) is 0.440. The molecule has 1 aromatic carbocycles. The minimum absolute atomic E-state index is 0.0581. The predicted octanol–water partition coefficient (Wildman–Crippen LogP) is 4.21. The van der Waals surface area contributed by atoms with Crippen molar-refractivity contribution in [2.24, 2.45) is 7.05 Å². The molecule has 174 valence electrons. The highest BCUT2D eigenvalue weighted by Gasteiger charge is 2.31. The number of ether oxygens (including phenoxy) is 2. The normalized spacial score (nSPS) is 19.3. The van der Waals surface area contributed by atoms with Gasteiger partial charge in [-0.3, -0.25) is 9.48 Å². The van der Waals surface area contributed by atoms with E-state index in [9.17, 15) is 4.79 Å². The fourth-order valence-electron chi connectivity index (χ4n) is 4.92. The zero-order valence-electron chi connectivity index (χ0n) is 19.2. The van der Waals surface area contributed by atoms with E-state index in [1.54, 1.807) is 20.9 Å². The molecule has 0 aliphatic carbocycles. The molecule has 2 aliphatic rings. The highest BCUT2D eigenvalue weighted by Crippen LogP contribution is 2.41. The SMILES string of the molecule is CC1OCc2c1c(N)nc1ccc(C(=O)N(C)C3COCc4cc(-c5cnn(C)c5)sc43)cc21. The van der Waals surface area contributed by atoms with E-state index in [2.05, 4.69) is 16.1 Å². The lowest BCUT2D eigenvalue weighted by Crippen LogP contribution is -2.35. The summed E-state index contributed by atoms with van der Waals surface area (Å²) < 4.78 is 13.5. The van der Waals surface area contributed by atoms with Crippen molar-refractivity contribution in [3.8, 4) is 10.4 Å². The maximum Gasteiger partial charge on any atom is 0.254 e. The second kappa shape index (κ2) is 7.90. The number of amides is 1. The number of thiophene rings is 1. The van der Waals surface area contributed by atoms with Gasteiger partial charge in [-0.15, -0.1) is 11.3 Å². The fraction of sp³-hybridized carbons (Fsp3) is 0.320. The Hall–Kier alpha value is -3.27. The molecule has 2 aliphatic heterocycles. The Kier molecular flexibility index (Phi) is 4.94. The summed E-state index contributed by atoms with van der Waals surface area (Å²) >= 11 is 1.70. The number of rotatable bonds is 3. The van der Waals surface area contributed by atoms with Crippen LogP contribution in [0.3, 0.4) is 0 Å². The minimum Gasteiger partial charge on any atom is -0.383 e. The van der Waals surface area contributed by atoms with Crippen molar-refractivity contribution < 1.29 is 14.3 Å². The molecule has 5 heterocycles. The minimum atomic E-state index is -0.152. The van der Waals surface area contributed by atoms with Gasteiger partial charge in [-0.05, 0) is 42.3 Å². The zero-order valence-corrected chi connectivity index (χ0v) is 20.1. The summed E-state index contributed by atoms with van der Waals surface area (Å²) in [6.45, 7) is 3.46. The predicted molar refractivity (Wildman–Crippen MR) is 130 cm³/mol. The van der Waals surface area contributed by atoms with Crippen LogP contribution in [0.25, 0.3) is 21.3 Å². The van der Waals surface area contributed by atoms with Crippen LogP contribution in [0.5, 0.6) is 0 Å². The van der Waals surface area contributed by atoms with E-state index in [0.29, 0.717) is 31.2 Å². The molecule has 0 saturated carbocycles. The van der Waals surface area contributed by atoms with E-state index >= 15 is 0 Å². The van der Waals surface area contributed by atoms with Crippen molar-refractivity contribution in [3.05, 3.63) is 63.8 Å². The molecule has 2 N–H and O–H groups in total. The first-order valence-corrected chi connectivity index (χ1v) is 12.0. The summed E-state index contributed by atoms with van der Waals surface area (Å²) in [4.78, 5) is 22.2. The highest BCUT2D eigenvalue weighted by atomic mass is 32.1. The molecule has 4 aromatic rings. The van der Waals surface area contributed by atoms with E-state index in [0.717, 1.165) is 38.0 Å². The molecule has 34 heavy (non-hydrogen) atoms. The largest absolute Gasteiger partial charge is 0.383 e. The fourth-order valence-corrected chi connectivity index (χ4v) is 6.19. The number of aryl methyl sites for hydroxylation is 1. The van der Waals surface area contributed by atoms with Crippen molar-refractivity contribution in [2.45, 2.75) is 32.3 Å². The third kappa shape index (κ3) is 3.31. The van der Waals surface area contributed by atoms with E-state index in [1.165, 1.54) is 4.88 Å². The van der Waals surface area contributed by atoms with E-state index < -0.39 is 0 Å². The highest BCUT2D eigenvalue weighted by molar-refractivity contribution is 7.15. The molecule has 2 atom stereocenters. The number of carbonyl (C=O) groups excluding carboxylic acids is 1. The number of likely N-dealkylation sites (N-methyl/N-ethyl adjacent to an activating group) is 1. The molecule has 1 amide bonds. The third-order valence-corrected chi connectivity index (χ3v) is 8.08. The summed E-state index contributed by atoms with van der Waals surface area (Å²) in [6, 6.07) is 7.60. The average molecular weight is 476 g/mol. The van der Waals surface area contributed by atoms with Crippen LogP contribution in [-0.2, 0) is 29.7 Å². The molecule has 0 spiro atoms. The molecule has 0 fully saturated rings. The van der Waals surface area contributed by atoms with Gasteiger partial charge in [0.25, 0.3) is 5.91 Å². The number of aromatic nitrogens is 3. The summed E-state index contributed by atoms with van der Waals surface area (Å²) in [7, 11) is 3.75. The van der Waals surface area contributed by atoms with Crippen molar-refractivity contribution in [1.29, 1.82) is 0 Å². The first-order valence-electron chi connectivity index (χ1n) is 11.2. The maximum absolute atomic E-state index is 13.6. The van der Waals surface area contributed by atoms with Crippen LogP contribution in [-0.4, -0.2) is 39.2 Å². The van der Waals surface area contributed by atoms with Gasteiger partial charge in [0.05, 0.1) is 43.7 Å². The van der Waals surface area contributed by atoms with E-state index in [4.69, 9.17) is 15.2 Å². The second-order valence-corrected chi connectivity index (χ2v) is 10.0. The molecule has 0 radical (unpaired) electrons. The van der Waals surface area contributed by atoms with Crippen molar-refractivity contribution in [2.75, 3.05) is 19.4 Å². The first-order chi connectivity index (χ1) is 16.4. The van der Waals surface area contributed by atoms with Crippen LogP contribution in [0.15, 0.2) is 36.7 Å². The maximum atomic E-state index is 13.6. The number of carbonyl (C=O) groups is 1. The third-order valence-electron chi connectivity index (χ3n) is 6.75. The summed E-state index contributed by atoms with van der Waals surface area (Å²) in [5, 5.41) is 5.21. The van der Waals surface area contributed by atoms with E-state index in [1.807, 2.05) is 51.6 Å². The van der Waals surface area contributed by atoms with Crippen LogP contribution in [0.2, 0.25) is 0 Å². The lowest BCUT2D eigenvalue weighted by Gasteiger charge is -2.31. The Morgan fingerprint density at radius 1 is 1.29 bits per heavy atom. The Bertz CT molecular complexity index is 1440. The quantitative estimate of drug-likeness (QED) is 0.477. The molecule has 9 heteroatoms. The van der Waals surface area contributed by atoms with Gasteiger partial charge in [0, 0.05) is 52.1 Å². The van der Waals surface area contributed by atoms with E-state index in [-0.39, 0.29) is 18.1 Å². The Morgan fingerprint density at radius 2 is 2.15 bits per heavy atom. The average Bonchev–Trinajstić information content (AvgIpc) is 3.56. The molecular weight excluding hydrogens is 450 g/mol. The van der Waals surface area contributed by atoms with Crippen LogP contribution in [0, 0.1) is 0 Å². The zero-order chi connectivity index (χ0) is 23.6. The van der Waals surface area contributed by atoms with Crippen LogP contribution >= 0.6 is 11.3 Å². The number of nitrogens with zero attached hydrogens (tertiary/aromatic N) is 4. The standard InChI is InChI=1S/C25H25N5O3S/c1-13-22-18(11-33-13)17-6-14(4-5-19(17)28-24(22)26)25(31)30(3)20-12-32-10-15-7-21(34-23(15)20)16-8-27-29(2)9-16/h4-9,13,20H,10-12H2,1-3H3,(H2,26,28). The molecule has 6 rings (SSSR count). The molecule has 3 aromatic heterocycles. The summed E-state index contributed by atoms with van der Waals surface area (Å²) in [6.07, 6.45) is 3.77. The monoisotopic (exact) mass is 475 g/mol. The van der Waals surface area contributed by atoms with Crippen LogP contribution in [0.4, 0.5) is 5.82 Å². The number of nitrogens with two attached hydrogens (primary N) is 1. The van der Waals surface area contributed by atoms with Gasteiger partial charge >= 0.3 is 0 Å². The van der Waals surface area contributed by atoms with Gasteiger partial charge in [0.2, 0.25) is 0 Å². The topological polar surface area (TPSA) is 95.5 Å². The van der Waals surface area contributed by atoms with Gasteiger partial charge in [-0.1, -0.05) is 0 Å². The Labute approximate surface area is 200 Å². The first kappa shape index (κ1) is 21.3. The molecule has 2 unspecified atom stereocenters. The molecule has 0 bridgehead atoms. The Morgan fingerprint density at radius 3 is 2.94 bits per heavy atom. The van der Waals surface area contributed by atoms with Gasteiger partial charge in [0.15, 0.2) is 0 Å². The van der Waals surface area contributed by atoms with Crippen LogP contribution in [0.1, 0.15) is 51.0 Å². The number of benzene rings is 1. The second-order valence-electron chi connectivity index (χ2n) is 8.92. The van der Waals surface area contributed by atoms with Gasteiger partial charge in [-0.2, -0.15) is 5.10 Å². The number of fused-ring (bicyclic) bond motifs is 4. The van der Waals surface area contributed by atoms with Crippen molar-refractivity contribution >= 4 is 34.0 Å². The molecule has 8 nitrogen and oxygen atoms in total. The van der Waals surface area contributed by atoms with Crippen molar-refractivity contribution in [3.63, 3.8) is 0 Å². The van der Waals surface area contributed by atoms with Crippen molar-refractivity contribution in [1.82, 2.24) is 19.7 Å².